The second-order valence-electron chi connectivity index (χ2n) is 8.30. The molecule has 1 N–H and O–H groups in total. The Labute approximate surface area is 188 Å². The molecule has 3 nitrogen and oxygen atoms in total. The van der Waals surface area contributed by atoms with Crippen LogP contribution < -0.4 is 0 Å². The molecule has 3 aromatic carbocycles. The van der Waals surface area contributed by atoms with Crippen LogP contribution in [0.3, 0.4) is 0 Å². The number of Topliss-reactive ketones (excluding diaryl/α,β-unsaturated/α-hetero) is 1. The molecule has 0 unspecified atom stereocenters. The standard InChI is InChI=1S/C29H23NO2/c1-29(2,23-14-7-4-8-15-23)24-17-25(27(31)21-11-5-3-6-12-21)26(18-24)28(32)22-13-9-10-20(16-22)19-30/h3-18,32H,1-2H3/b28-26-. The molecule has 32 heavy (non-hydrogen) atoms. The minimum absolute atomic E-state index is 0.0171. The minimum Gasteiger partial charge on any atom is -0.507 e. The van der Waals surface area contributed by atoms with Crippen LogP contribution in [-0.4, -0.2) is 10.9 Å². The molecule has 0 aliphatic heterocycles. The smallest absolute Gasteiger partial charge is 0.193 e. The van der Waals surface area contributed by atoms with Gasteiger partial charge < -0.3 is 5.11 Å². The lowest BCUT2D eigenvalue weighted by Crippen LogP contribution is -2.18. The summed E-state index contributed by atoms with van der Waals surface area (Å²) < 4.78 is 0. The van der Waals surface area contributed by atoms with Crippen LogP contribution in [0.25, 0.3) is 5.76 Å². The van der Waals surface area contributed by atoms with Crippen molar-refractivity contribution in [2.75, 3.05) is 0 Å². The first kappa shape index (κ1) is 21.1. The van der Waals surface area contributed by atoms with Crippen molar-refractivity contribution < 1.29 is 9.90 Å². The number of nitrogens with zero attached hydrogens (tertiary/aromatic N) is 1. The summed E-state index contributed by atoms with van der Waals surface area (Å²) in [6.07, 6.45) is 3.76. The lowest BCUT2D eigenvalue weighted by molar-refractivity contribution is 0.103. The monoisotopic (exact) mass is 417 g/mol. The molecule has 0 bridgehead atoms. The third kappa shape index (κ3) is 3.91. The fraction of sp³-hybridized carbons (Fsp3) is 0.103. The van der Waals surface area contributed by atoms with Gasteiger partial charge in [0.1, 0.15) is 5.76 Å². The first-order valence-electron chi connectivity index (χ1n) is 10.4. The zero-order chi connectivity index (χ0) is 22.7. The highest BCUT2D eigenvalue weighted by atomic mass is 16.3. The van der Waals surface area contributed by atoms with Gasteiger partial charge in [0.15, 0.2) is 5.78 Å². The van der Waals surface area contributed by atoms with E-state index < -0.39 is 0 Å². The Bertz CT molecular complexity index is 1300. The summed E-state index contributed by atoms with van der Waals surface area (Å²) >= 11 is 0. The van der Waals surface area contributed by atoms with Gasteiger partial charge in [-0.25, -0.2) is 0 Å². The maximum Gasteiger partial charge on any atom is 0.193 e. The van der Waals surface area contributed by atoms with Gasteiger partial charge in [0.05, 0.1) is 11.6 Å². The Balaban J connectivity index is 1.88. The van der Waals surface area contributed by atoms with Crippen LogP contribution in [-0.2, 0) is 5.41 Å². The van der Waals surface area contributed by atoms with Crippen molar-refractivity contribution >= 4 is 11.5 Å². The van der Waals surface area contributed by atoms with Crippen LogP contribution in [0.5, 0.6) is 0 Å². The summed E-state index contributed by atoms with van der Waals surface area (Å²) in [7, 11) is 0. The molecule has 0 radical (unpaired) electrons. The Hall–Kier alpha value is -4.16. The molecule has 0 atom stereocenters. The van der Waals surface area contributed by atoms with Crippen molar-refractivity contribution in [1.82, 2.24) is 0 Å². The molecule has 0 spiro atoms. The number of rotatable bonds is 5. The molecule has 0 saturated heterocycles. The molecule has 3 aromatic rings. The highest BCUT2D eigenvalue weighted by molar-refractivity contribution is 6.14. The number of aliphatic hydroxyl groups excluding tert-OH is 1. The van der Waals surface area contributed by atoms with E-state index in [4.69, 9.17) is 0 Å². The highest BCUT2D eigenvalue weighted by Crippen LogP contribution is 2.41. The van der Waals surface area contributed by atoms with Gasteiger partial charge in [0, 0.05) is 27.7 Å². The lowest BCUT2D eigenvalue weighted by atomic mass is 9.78. The molecule has 3 heteroatoms. The van der Waals surface area contributed by atoms with Gasteiger partial charge in [-0.3, -0.25) is 4.79 Å². The molecule has 0 fully saturated rings. The summed E-state index contributed by atoms with van der Waals surface area (Å²) in [6.45, 7) is 4.21. The molecular formula is C29H23NO2. The van der Waals surface area contributed by atoms with Crippen molar-refractivity contribution in [3.05, 3.63) is 136 Å². The zero-order valence-corrected chi connectivity index (χ0v) is 18.0. The third-order valence-corrected chi connectivity index (χ3v) is 5.91. The van der Waals surface area contributed by atoms with Crippen molar-refractivity contribution in [1.29, 1.82) is 5.26 Å². The number of ketones is 1. The fourth-order valence-corrected chi connectivity index (χ4v) is 3.91. The molecule has 0 amide bonds. The van der Waals surface area contributed by atoms with Crippen LogP contribution in [0.1, 0.15) is 40.9 Å². The molecule has 4 rings (SSSR count). The van der Waals surface area contributed by atoms with E-state index >= 15 is 0 Å². The van der Waals surface area contributed by atoms with Gasteiger partial charge in [0.25, 0.3) is 0 Å². The number of allylic oxidation sites excluding steroid dienone is 5. The molecule has 0 saturated carbocycles. The van der Waals surface area contributed by atoms with E-state index in [1.54, 1.807) is 36.4 Å². The van der Waals surface area contributed by atoms with Gasteiger partial charge in [-0.1, -0.05) is 86.6 Å². The van der Waals surface area contributed by atoms with Crippen molar-refractivity contribution in [3.8, 4) is 6.07 Å². The highest BCUT2D eigenvalue weighted by Gasteiger charge is 2.32. The Morgan fingerprint density at radius 2 is 1.47 bits per heavy atom. The molecule has 1 aliphatic carbocycles. The van der Waals surface area contributed by atoms with E-state index in [0.717, 1.165) is 11.1 Å². The second kappa shape index (κ2) is 8.53. The molecular weight excluding hydrogens is 394 g/mol. The number of carbonyl (C=O) groups excluding carboxylic acids is 1. The first-order chi connectivity index (χ1) is 15.4. The number of nitriles is 1. The van der Waals surface area contributed by atoms with Crippen LogP contribution >= 0.6 is 0 Å². The molecule has 0 aromatic heterocycles. The number of hydrogen-bond donors (Lipinski definition) is 1. The van der Waals surface area contributed by atoms with E-state index in [1.165, 1.54) is 0 Å². The maximum absolute atomic E-state index is 13.4. The number of benzene rings is 3. The van der Waals surface area contributed by atoms with Gasteiger partial charge in [-0.05, 0) is 35.4 Å². The van der Waals surface area contributed by atoms with Crippen molar-refractivity contribution in [2.24, 2.45) is 0 Å². The van der Waals surface area contributed by atoms with E-state index in [9.17, 15) is 15.2 Å². The summed E-state index contributed by atoms with van der Waals surface area (Å²) in [5, 5.41) is 20.4. The SMILES string of the molecule is CC(C)(C1=C/C(=C(/O)c2cccc(C#N)c2)C(C(=O)c2ccccc2)=C1)c1ccccc1. The van der Waals surface area contributed by atoms with Crippen LogP contribution in [0, 0.1) is 11.3 Å². The van der Waals surface area contributed by atoms with E-state index in [2.05, 4.69) is 32.0 Å². The average molecular weight is 418 g/mol. The van der Waals surface area contributed by atoms with E-state index in [0.29, 0.717) is 27.8 Å². The molecule has 0 heterocycles. The number of carbonyl (C=O) groups is 1. The van der Waals surface area contributed by atoms with Gasteiger partial charge in [-0.15, -0.1) is 0 Å². The summed E-state index contributed by atoms with van der Waals surface area (Å²) in [5.74, 6) is -0.171. The van der Waals surface area contributed by atoms with E-state index in [1.807, 2.05) is 48.6 Å². The Morgan fingerprint density at radius 3 is 2.12 bits per heavy atom. The predicted molar refractivity (Wildman–Crippen MR) is 127 cm³/mol. The normalized spacial score (nSPS) is 14.9. The quantitative estimate of drug-likeness (QED) is 0.378. The summed E-state index contributed by atoms with van der Waals surface area (Å²) in [6, 6.07) is 28.0. The van der Waals surface area contributed by atoms with Gasteiger partial charge in [0.2, 0.25) is 0 Å². The topological polar surface area (TPSA) is 61.1 Å². The number of hydrogen-bond acceptors (Lipinski definition) is 3. The predicted octanol–water partition coefficient (Wildman–Crippen LogP) is 6.55. The number of aliphatic hydroxyl groups is 1. The summed E-state index contributed by atoms with van der Waals surface area (Å²) in [4.78, 5) is 13.4. The molecule has 1 aliphatic rings. The second-order valence-corrected chi connectivity index (χ2v) is 8.30. The first-order valence-corrected chi connectivity index (χ1v) is 10.4. The Morgan fingerprint density at radius 1 is 0.844 bits per heavy atom. The van der Waals surface area contributed by atoms with Crippen LogP contribution in [0.4, 0.5) is 0 Å². The fourth-order valence-electron chi connectivity index (χ4n) is 3.91. The van der Waals surface area contributed by atoms with Gasteiger partial charge >= 0.3 is 0 Å². The van der Waals surface area contributed by atoms with Crippen LogP contribution in [0.15, 0.2) is 114 Å². The maximum atomic E-state index is 13.4. The third-order valence-electron chi connectivity index (χ3n) is 5.91. The van der Waals surface area contributed by atoms with Gasteiger partial charge in [-0.2, -0.15) is 5.26 Å². The summed E-state index contributed by atoms with van der Waals surface area (Å²) in [5.41, 5.74) is 4.08. The largest absolute Gasteiger partial charge is 0.507 e. The lowest BCUT2D eigenvalue weighted by Gasteiger charge is -2.26. The van der Waals surface area contributed by atoms with Crippen molar-refractivity contribution in [3.63, 3.8) is 0 Å². The Kier molecular flexibility index (Phi) is 5.62. The minimum atomic E-state index is -0.375. The zero-order valence-electron chi connectivity index (χ0n) is 18.0. The molecule has 156 valence electrons. The average Bonchev–Trinajstić information content (AvgIpc) is 3.30. The van der Waals surface area contributed by atoms with Crippen LogP contribution in [0.2, 0.25) is 0 Å². The van der Waals surface area contributed by atoms with Crippen molar-refractivity contribution in [2.45, 2.75) is 19.3 Å². The van der Waals surface area contributed by atoms with E-state index in [-0.39, 0.29) is 17.0 Å².